The highest BCUT2D eigenvalue weighted by molar-refractivity contribution is 5.89. The minimum Gasteiger partial charge on any atom is -0.497 e. The van der Waals surface area contributed by atoms with Crippen LogP contribution >= 0.6 is 0 Å². The van der Waals surface area contributed by atoms with E-state index in [0.717, 1.165) is 18.8 Å². The van der Waals surface area contributed by atoms with Crippen LogP contribution in [0.4, 0.5) is 0 Å². The van der Waals surface area contributed by atoms with Crippen LogP contribution in [-0.4, -0.2) is 36.7 Å². The van der Waals surface area contributed by atoms with Crippen LogP contribution in [0.5, 0.6) is 5.75 Å². The quantitative estimate of drug-likeness (QED) is 0.834. The maximum absolute atomic E-state index is 12.1. The number of carbonyl (C=O) groups is 2. The van der Waals surface area contributed by atoms with Gasteiger partial charge in [-0.15, -0.1) is 0 Å². The number of likely N-dealkylation sites (tertiary alicyclic amines) is 1. The van der Waals surface area contributed by atoms with E-state index in [9.17, 15) is 9.59 Å². The first-order valence-electron chi connectivity index (χ1n) is 7.38. The van der Waals surface area contributed by atoms with Crippen molar-refractivity contribution < 1.29 is 14.3 Å². The summed E-state index contributed by atoms with van der Waals surface area (Å²) in [4.78, 5) is 25.7. The Morgan fingerprint density at radius 2 is 1.95 bits per heavy atom. The molecular weight excluding hydrogens is 266 g/mol. The fourth-order valence-electron chi connectivity index (χ4n) is 2.99. The average molecular weight is 289 g/mol. The molecule has 0 amide bonds. The molecule has 0 bridgehead atoms. The number of benzene rings is 1. The van der Waals surface area contributed by atoms with Crippen molar-refractivity contribution in [3.8, 4) is 5.75 Å². The minimum absolute atomic E-state index is 0.00125. The number of piperidine rings is 1. The third kappa shape index (κ3) is 4.14. The molecule has 1 aliphatic heterocycles. The number of hydrogen-bond donors (Lipinski definition) is 0. The highest BCUT2D eigenvalue weighted by Crippen LogP contribution is 2.23. The largest absolute Gasteiger partial charge is 0.497 e. The second kappa shape index (κ2) is 6.85. The van der Waals surface area contributed by atoms with Gasteiger partial charge in [0.05, 0.1) is 7.11 Å². The van der Waals surface area contributed by atoms with Gasteiger partial charge in [0, 0.05) is 37.9 Å². The lowest BCUT2D eigenvalue weighted by Gasteiger charge is -2.35. The van der Waals surface area contributed by atoms with Crippen molar-refractivity contribution in [2.45, 2.75) is 26.8 Å². The molecule has 1 aromatic rings. The molecule has 0 radical (unpaired) electrons. The average Bonchev–Trinajstić information content (AvgIpc) is 2.44. The van der Waals surface area contributed by atoms with Gasteiger partial charge in [0.15, 0.2) is 0 Å². The van der Waals surface area contributed by atoms with Crippen molar-refractivity contribution in [2.24, 2.45) is 11.8 Å². The molecule has 0 spiro atoms. The molecular formula is C17H23NO3. The topological polar surface area (TPSA) is 46.6 Å². The number of ether oxygens (including phenoxy) is 1. The van der Waals surface area contributed by atoms with Crippen LogP contribution in [-0.2, 0) is 16.1 Å². The molecule has 1 aromatic carbocycles. The first-order chi connectivity index (χ1) is 9.99. The zero-order valence-corrected chi connectivity index (χ0v) is 13.0. The zero-order valence-electron chi connectivity index (χ0n) is 13.0. The summed E-state index contributed by atoms with van der Waals surface area (Å²) < 4.78 is 5.16. The summed E-state index contributed by atoms with van der Waals surface area (Å²) in [5.74, 6) is 1.02. The third-order valence-electron chi connectivity index (χ3n) is 4.00. The molecule has 1 aliphatic rings. The monoisotopic (exact) mass is 289 g/mol. The number of Topliss-reactive ketones (excluding diaryl/α,β-unsaturated/α-hetero) is 2. The molecule has 2 atom stereocenters. The van der Waals surface area contributed by atoms with E-state index in [-0.39, 0.29) is 23.4 Å². The second-order valence-electron chi connectivity index (χ2n) is 5.95. The Balaban J connectivity index is 2.01. The van der Waals surface area contributed by atoms with Crippen molar-refractivity contribution in [2.75, 3.05) is 20.2 Å². The minimum atomic E-state index is -0.149. The summed E-state index contributed by atoms with van der Waals surface area (Å²) in [7, 11) is 1.65. The Labute approximate surface area is 126 Å². The summed E-state index contributed by atoms with van der Waals surface area (Å²) in [5.41, 5.74) is 1.19. The number of rotatable bonds is 5. The van der Waals surface area contributed by atoms with Gasteiger partial charge in [0.2, 0.25) is 0 Å². The lowest BCUT2D eigenvalue weighted by Crippen LogP contribution is -2.45. The lowest BCUT2D eigenvalue weighted by molar-refractivity contribution is -0.134. The second-order valence-corrected chi connectivity index (χ2v) is 5.95. The van der Waals surface area contributed by atoms with Crippen molar-refractivity contribution in [3.05, 3.63) is 29.8 Å². The van der Waals surface area contributed by atoms with Gasteiger partial charge in [-0.3, -0.25) is 9.69 Å². The van der Waals surface area contributed by atoms with E-state index in [1.54, 1.807) is 14.0 Å². The van der Waals surface area contributed by atoms with Gasteiger partial charge >= 0.3 is 0 Å². The Bertz CT molecular complexity index is 509. The fourth-order valence-corrected chi connectivity index (χ4v) is 2.99. The van der Waals surface area contributed by atoms with Crippen molar-refractivity contribution in [1.82, 2.24) is 4.90 Å². The van der Waals surface area contributed by atoms with Gasteiger partial charge in [0.25, 0.3) is 0 Å². The van der Waals surface area contributed by atoms with Crippen LogP contribution in [0.25, 0.3) is 0 Å². The third-order valence-corrected chi connectivity index (χ3v) is 4.00. The summed E-state index contributed by atoms with van der Waals surface area (Å²) >= 11 is 0. The molecule has 4 heteroatoms. The van der Waals surface area contributed by atoms with Crippen LogP contribution in [0.2, 0.25) is 0 Å². The molecule has 0 saturated carbocycles. The zero-order chi connectivity index (χ0) is 15.4. The summed E-state index contributed by atoms with van der Waals surface area (Å²) in [5, 5.41) is 0. The smallest absolute Gasteiger partial charge is 0.141 e. The van der Waals surface area contributed by atoms with Crippen molar-refractivity contribution >= 4 is 11.6 Å². The van der Waals surface area contributed by atoms with E-state index in [1.165, 1.54) is 5.56 Å². The van der Waals surface area contributed by atoms with Crippen LogP contribution in [0.3, 0.4) is 0 Å². The normalized spacial score (nSPS) is 23.1. The first-order valence-corrected chi connectivity index (χ1v) is 7.38. The molecule has 0 aliphatic carbocycles. The fraction of sp³-hybridized carbons (Fsp3) is 0.529. The van der Waals surface area contributed by atoms with Crippen molar-refractivity contribution in [3.63, 3.8) is 0 Å². The Morgan fingerprint density at radius 3 is 2.52 bits per heavy atom. The number of methoxy groups -OCH3 is 1. The number of hydrogen-bond acceptors (Lipinski definition) is 4. The molecule has 1 heterocycles. The predicted molar refractivity (Wildman–Crippen MR) is 81.2 cm³/mol. The van der Waals surface area contributed by atoms with E-state index in [2.05, 4.69) is 4.90 Å². The predicted octanol–water partition coefficient (Wildman–Crippen LogP) is 2.31. The molecule has 21 heavy (non-hydrogen) atoms. The van der Waals surface area contributed by atoms with Crippen molar-refractivity contribution in [1.29, 1.82) is 0 Å². The first kappa shape index (κ1) is 15.7. The molecule has 1 saturated heterocycles. The van der Waals surface area contributed by atoms with Gasteiger partial charge < -0.3 is 9.53 Å². The standard InChI is InChI=1S/C17H23NO3/c1-12-9-18(11-15(17(12)20)8-13(2)19)10-14-4-6-16(21-3)7-5-14/h4-7,12,15H,8-11H2,1-3H3. The van der Waals surface area contributed by atoms with E-state index in [4.69, 9.17) is 4.74 Å². The van der Waals surface area contributed by atoms with Gasteiger partial charge in [-0.1, -0.05) is 19.1 Å². The van der Waals surface area contributed by atoms with E-state index in [0.29, 0.717) is 13.0 Å². The Morgan fingerprint density at radius 1 is 1.29 bits per heavy atom. The summed E-state index contributed by atoms with van der Waals surface area (Å²) in [6, 6.07) is 7.97. The molecule has 2 rings (SSSR count). The van der Waals surface area contributed by atoms with Crippen LogP contribution in [0, 0.1) is 11.8 Å². The highest BCUT2D eigenvalue weighted by Gasteiger charge is 2.33. The molecule has 0 N–H and O–H groups in total. The number of carbonyl (C=O) groups excluding carboxylic acids is 2. The van der Waals surface area contributed by atoms with Crippen LogP contribution < -0.4 is 4.74 Å². The van der Waals surface area contributed by atoms with E-state index >= 15 is 0 Å². The highest BCUT2D eigenvalue weighted by atomic mass is 16.5. The maximum atomic E-state index is 12.1. The summed E-state index contributed by atoms with van der Waals surface area (Å²) in [6.45, 7) is 5.75. The molecule has 2 unspecified atom stereocenters. The van der Waals surface area contributed by atoms with E-state index < -0.39 is 0 Å². The summed E-state index contributed by atoms with van der Waals surface area (Å²) in [6.07, 6.45) is 0.363. The molecule has 4 nitrogen and oxygen atoms in total. The Kier molecular flexibility index (Phi) is 5.12. The molecule has 114 valence electrons. The van der Waals surface area contributed by atoms with Gasteiger partial charge in [-0.05, 0) is 24.6 Å². The van der Waals surface area contributed by atoms with Gasteiger partial charge in [-0.25, -0.2) is 0 Å². The SMILES string of the molecule is COc1ccc(CN2CC(C)C(=O)C(CC(C)=O)C2)cc1. The van der Waals surface area contributed by atoms with Gasteiger partial charge in [0.1, 0.15) is 17.3 Å². The molecule has 1 fully saturated rings. The number of ketones is 2. The lowest BCUT2D eigenvalue weighted by atomic mass is 9.85. The van der Waals surface area contributed by atoms with Crippen LogP contribution in [0.15, 0.2) is 24.3 Å². The van der Waals surface area contributed by atoms with Crippen LogP contribution in [0.1, 0.15) is 25.8 Å². The number of nitrogens with zero attached hydrogens (tertiary/aromatic N) is 1. The Hall–Kier alpha value is -1.68. The van der Waals surface area contributed by atoms with Gasteiger partial charge in [-0.2, -0.15) is 0 Å². The van der Waals surface area contributed by atoms with E-state index in [1.807, 2.05) is 31.2 Å². The molecule has 0 aromatic heterocycles. The maximum Gasteiger partial charge on any atom is 0.141 e.